The quantitative estimate of drug-likeness (QED) is 0.105. The summed E-state index contributed by atoms with van der Waals surface area (Å²) < 4.78 is 39.4. The van der Waals surface area contributed by atoms with Gasteiger partial charge in [0.1, 0.15) is 11.6 Å². The molecule has 2 saturated heterocycles. The largest absolute Gasteiger partial charge is 0.396 e. The first-order valence-electron chi connectivity index (χ1n) is 22.6. The smallest absolute Gasteiger partial charge is 0.256 e. The predicted octanol–water partition coefficient (Wildman–Crippen LogP) is 4.11. The summed E-state index contributed by atoms with van der Waals surface area (Å²) in [6.45, 7) is 15.8. The molecular formula is C48H54F2N10O7. The van der Waals surface area contributed by atoms with Crippen LogP contribution in [0, 0.1) is 25.5 Å². The highest BCUT2D eigenvalue weighted by Gasteiger charge is 2.33. The van der Waals surface area contributed by atoms with Crippen LogP contribution < -0.4 is 21.7 Å². The van der Waals surface area contributed by atoms with E-state index in [1.54, 1.807) is 12.2 Å². The van der Waals surface area contributed by atoms with E-state index in [-0.39, 0.29) is 35.0 Å². The van der Waals surface area contributed by atoms with Crippen LogP contribution >= 0.6 is 0 Å². The van der Waals surface area contributed by atoms with Crippen LogP contribution in [0.25, 0.3) is 23.3 Å². The molecule has 0 atom stereocenters. The van der Waals surface area contributed by atoms with Gasteiger partial charge in [0.15, 0.2) is 0 Å². The van der Waals surface area contributed by atoms with E-state index < -0.39 is 17.5 Å². The number of ether oxygens (including phenoxy) is 2. The minimum absolute atomic E-state index is 0.00656. The lowest BCUT2D eigenvalue weighted by Crippen LogP contribution is -2.45. The first-order chi connectivity index (χ1) is 32.2. The fourth-order valence-electron chi connectivity index (χ4n) is 9.52. The summed E-state index contributed by atoms with van der Waals surface area (Å²) >= 11 is 0. The van der Waals surface area contributed by atoms with E-state index in [0.717, 1.165) is 94.6 Å². The van der Waals surface area contributed by atoms with E-state index in [4.69, 9.17) is 15.2 Å². The summed E-state index contributed by atoms with van der Waals surface area (Å²) in [6, 6.07) is 5.34. The van der Waals surface area contributed by atoms with E-state index in [2.05, 4.69) is 35.7 Å². The number of aromatic nitrogens is 2. The van der Waals surface area contributed by atoms with Crippen molar-refractivity contribution in [1.29, 1.82) is 0 Å². The van der Waals surface area contributed by atoms with Crippen LogP contribution in [-0.2, 0) is 36.7 Å². The standard InChI is InChI=1S/C25H28FN5O4.C23H26FN5O3/c1-14-20(12-17-16-11-18(26)22(27-15(2)32)13-21(16)29-24(17)33)28-19-3-4-31(25(34)23(14)19)6-5-30-7-9-35-10-8-30;1-13-19(11-15-14-10-16(24)17(25)12-20(14)27-22(15)30)26-18-2-3-29(23(31)21(13)18)5-4-28-6-8-32-9-7-28/h11-13,28H,3-10H2,1-2H3,(H,27,32)(H,29,33);10-12,26H,2-9,25H2,1H3,(H,27,30). The Morgan fingerprint density at radius 3 is 1.58 bits per heavy atom. The molecule has 0 radical (unpaired) electrons. The lowest BCUT2D eigenvalue weighted by molar-refractivity contribution is -0.114. The number of amides is 5. The average molecular weight is 921 g/mol. The lowest BCUT2D eigenvalue weighted by Gasteiger charge is -2.32. The lowest BCUT2D eigenvalue weighted by atomic mass is 10.0. The van der Waals surface area contributed by atoms with Crippen molar-refractivity contribution >= 4 is 75.6 Å². The molecule has 352 valence electrons. The Balaban J connectivity index is 0.000000169. The van der Waals surface area contributed by atoms with Crippen LogP contribution in [0.1, 0.15) is 72.7 Å². The van der Waals surface area contributed by atoms with Gasteiger partial charge in [0.2, 0.25) is 5.91 Å². The minimum atomic E-state index is -0.630. The Kier molecular flexibility index (Phi) is 12.8. The molecule has 2 aromatic heterocycles. The van der Waals surface area contributed by atoms with Gasteiger partial charge >= 0.3 is 0 Å². The van der Waals surface area contributed by atoms with Crippen LogP contribution in [0.3, 0.4) is 0 Å². The summed E-state index contributed by atoms with van der Waals surface area (Å²) in [5.74, 6) is -2.30. The van der Waals surface area contributed by atoms with Gasteiger partial charge in [-0.3, -0.25) is 33.8 Å². The topological polar surface area (TPSA) is 210 Å². The second-order valence-electron chi connectivity index (χ2n) is 17.5. The number of H-pyrrole nitrogens is 2. The highest BCUT2D eigenvalue weighted by Crippen LogP contribution is 2.39. The number of nitrogens with one attached hydrogen (secondary N) is 5. The number of nitrogens with zero attached hydrogens (tertiary/aromatic N) is 4. The van der Waals surface area contributed by atoms with Crippen molar-refractivity contribution < 1.29 is 42.2 Å². The number of carbonyl (C=O) groups excluding carboxylic acids is 5. The van der Waals surface area contributed by atoms with Crippen molar-refractivity contribution in [2.45, 2.75) is 33.6 Å². The van der Waals surface area contributed by atoms with Crippen molar-refractivity contribution in [3.63, 3.8) is 0 Å². The Morgan fingerprint density at radius 1 is 0.672 bits per heavy atom. The van der Waals surface area contributed by atoms with Crippen molar-refractivity contribution in [1.82, 2.24) is 29.6 Å². The first-order valence-corrected chi connectivity index (χ1v) is 22.6. The van der Waals surface area contributed by atoms with E-state index in [9.17, 15) is 32.8 Å². The summed E-state index contributed by atoms with van der Waals surface area (Å²) in [6.07, 6.45) is 4.78. The van der Waals surface area contributed by atoms with Crippen LogP contribution in [0.4, 0.5) is 31.5 Å². The Labute approximate surface area is 385 Å². The number of benzene rings is 2. The van der Waals surface area contributed by atoms with Gasteiger partial charge in [0.05, 0.1) is 71.5 Å². The minimum Gasteiger partial charge on any atom is -0.396 e. The maximum atomic E-state index is 14.6. The second-order valence-corrected chi connectivity index (χ2v) is 17.5. The molecule has 7 N–H and O–H groups in total. The molecule has 0 aliphatic carbocycles. The number of aromatic amines is 2. The molecule has 4 aromatic rings. The van der Waals surface area contributed by atoms with Gasteiger partial charge in [-0.05, 0) is 61.4 Å². The average Bonchev–Trinajstić information content (AvgIpc) is 4.00. The molecule has 0 spiro atoms. The third kappa shape index (κ3) is 9.23. The fraction of sp³-hybridized carbons (Fsp3) is 0.396. The third-order valence-corrected chi connectivity index (χ3v) is 13.3. The van der Waals surface area contributed by atoms with Crippen LogP contribution in [-0.4, -0.2) is 151 Å². The number of rotatable bonds is 9. The van der Waals surface area contributed by atoms with Crippen molar-refractivity contribution in [2.24, 2.45) is 0 Å². The fourth-order valence-corrected chi connectivity index (χ4v) is 9.52. The number of nitrogens with two attached hydrogens (primary N) is 1. The summed E-state index contributed by atoms with van der Waals surface area (Å²) in [5.41, 5.74) is 14.0. The van der Waals surface area contributed by atoms with E-state index in [0.29, 0.717) is 88.8 Å². The maximum absolute atomic E-state index is 14.6. The normalized spacial score (nSPS) is 19.5. The zero-order chi connectivity index (χ0) is 47.1. The van der Waals surface area contributed by atoms with Gasteiger partial charge in [-0.1, -0.05) is 0 Å². The molecule has 5 amide bonds. The highest BCUT2D eigenvalue weighted by atomic mass is 19.1. The van der Waals surface area contributed by atoms with Gasteiger partial charge < -0.3 is 50.9 Å². The summed E-state index contributed by atoms with van der Waals surface area (Å²) in [7, 11) is 0. The molecule has 19 heteroatoms. The van der Waals surface area contributed by atoms with Gasteiger partial charge in [0, 0.05) is 119 Å². The van der Waals surface area contributed by atoms with Gasteiger partial charge in [-0.15, -0.1) is 0 Å². The number of nitrogen functional groups attached to an aromatic ring is 1. The number of anilines is 4. The third-order valence-electron chi connectivity index (χ3n) is 13.3. The van der Waals surface area contributed by atoms with Crippen LogP contribution in [0.5, 0.6) is 0 Å². The molecular weight excluding hydrogens is 867 g/mol. The SMILES string of the molecule is CC(=O)Nc1cc2c(cc1F)C(=Cc1[nH]c3c(c1C)C(=O)N(CCN1CCOCC1)CC3)C(=O)N2.Cc1c(C=C2C(=O)Nc3cc(N)c(F)cc32)[nH]c2c1C(=O)N(CCN1CCOCC1)CC2. The number of carbonyl (C=O) groups is 5. The van der Waals surface area contributed by atoms with Gasteiger partial charge in [-0.2, -0.15) is 0 Å². The number of morpholine rings is 2. The zero-order valence-electron chi connectivity index (χ0n) is 37.8. The number of hydrogen-bond donors (Lipinski definition) is 6. The molecule has 2 fully saturated rings. The molecule has 8 heterocycles. The summed E-state index contributed by atoms with van der Waals surface area (Å²) in [5, 5.41) is 7.87. The first kappa shape index (κ1) is 45.5. The molecule has 0 unspecified atom stereocenters. The monoisotopic (exact) mass is 920 g/mol. The molecule has 6 aliphatic rings. The zero-order valence-corrected chi connectivity index (χ0v) is 37.8. The molecule has 6 aliphatic heterocycles. The van der Waals surface area contributed by atoms with Gasteiger partial charge in [0.25, 0.3) is 23.6 Å². The van der Waals surface area contributed by atoms with Crippen molar-refractivity contribution in [2.75, 3.05) is 114 Å². The Morgan fingerprint density at radius 2 is 1.12 bits per heavy atom. The van der Waals surface area contributed by atoms with E-state index in [1.807, 2.05) is 23.6 Å². The van der Waals surface area contributed by atoms with Crippen LogP contribution in [0.15, 0.2) is 24.3 Å². The Bertz CT molecular complexity index is 2750. The molecule has 2 aromatic carbocycles. The molecule has 67 heavy (non-hydrogen) atoms. The van der Waals surface area contributed by atoms with E-state index in [1.165, 1.54) is 31.2 Å². The van der Waals surface area contributed by atoms with Crippen molar-refractivity contribution in [3.8, 4) is 0 Å². The number of halogens is 2. The number of fused-ring (bicyclic) bond motifs is 4. The molecule has 0 bridgehead atoms. The van der Waals surface area contributed by atoms with Crippen molar-refractivity contribution in [3.05, 3.63) is 92.1 Å². The molecule has 10 rings (SSSR count). The van der Waals surface area contributed by atoms with Crippen LogP contribution in [0.2, 0.25) is 0 Å². The van der Waals surface area contributed by atoms with E-state index >= 15 is 0 Å². The highest BCUT2D eigenvalue weighted by molar-refractivity contribution is 6.36. The molecule has 0 saturated carbocycles. The maximum Gasteiger partial charge on any atom is 0.256 e. The second kappa shape index (κ2) is 18.9. The molecule has 17 nitrogen and oxygen atoms in total. The Hall–Kier alpha value is -6.67. The van der Waals surface area contributed by atoms with Gasteiger partial charge in [-0.25, -0.2) is 8.78 Å². The number of hydrogen-bond acceptors (Lipinski definition) is 10. The summed E-state index contributed by atoms with van der Waals surface area (Å²) in [4.78, 5) is 78.0. The predicted molar refractivity (Wildman–Crippen MR) is 249 cm³/mol.